The van der Waals surface area contributed by atoms with Crippen molar-refractivity contribution in [3.05, 3.63) is 224 Å². The summed E-state index contributed by atoms with van der Waals surface area (Å²) < 4.78 is 39.5. The van der Waals surface area contributed by atoms with Crippen LogP contribution in [0.1, 0.15) is 121 Å². The average molecular weight is 1460 g/mol. The predicted octanol–water partition coefficient (Wildman–Crippen LogP) is 8.08. The van der Waals surface area contributed by atoms with Crippen molar-refractivity contribution >= 4 is 115 Å². The molecule has 0 saturated heterocycles. The molecule has 9 heterocycles. The number of methoxy groups -OCH3 is 4. The minimum atomic E-state index is -0.964. The highest BCUT2D eigenvalue weighted by Crippen LogP contribution is 2.32. The van der Waals surface area contributed by atoms with Crippen molar-refractivity contribution in [2.75, 3.05) is 41.7 Å². The number of nitrogens with zero attached hydrogens (tertiary/aromatic N) is 4. The van der Waals surface area contributed by atoms with E-state index in [1.165, 1.54) is 14.2 Å². The van der Waals surface area contributed by atoms with Crippen molar-refractivity contribution in [3.8, 4) is 11.5 Å². The molecule has 0 spiro atoms. The molecule has 5 N–H and O–H groups in total. The summed E-state index contributed by atoms with van der Waals surface area (Å²) in [5.74, 6) is -2.06. The van der Waals surface area contributed by atoms with Crippen LogP contribution in [0.25, 0.3) is 51.7 Å². The first-order valence-corrected chi connectivity index (χ1v) is 34.0. The number of H-pyrrole nitrogens is 5. The van der Waals surface area contributed by atoms with Crippen LogP contribution in [0.5, 0.6) is 11.5 Å². The van der Waals surface area contributed by atoms with E-state index in [-0.39, 0.29) is 54.6 Å². The number of Topliss-reactive ketones (excluding diaryl/α,β-unsaturated/α-hetero) is 3. The molecule has 0 amide bonds. The van der Waals surface area contributed by atoms with E-state index in [0.717, 1.165) is 65.2 Å². The Bertz CT molecular complexity index is 5600. The maximum atomic E-state index is 13.2. The quantitative estimate of drug-likeness (QED) is 0.0235. The molecule has 3 aliphatic rings. The third-order valence-electron chi connectivity index (χ3n) is 16.8. The Morgan fingerprint density at radius 1 is 0.583 bits per heavy atom. The van der Waals surface area contributed by atoms with E-state index in [0.29, 0.717) is 95.6 Å². The molecule has 6 aromatic heterocycles. The van der Waals surface area contributed by atoms with Gasteiger partial charge in [0, 0.05) is 85.5 Å². The highest BCUT2D eigenvalue weighted by molar-refractivity contribution is 9.10. The zero-order valence-corrected chi connectivity index (χ0v) is 61.6. The zero-order valence-electron chi connectivity index (χ0n) is 60.0. The summed E-state index contributed by atoms with van der Waals surface area (Å²) in [4.78, 5) is 119. The van der Waals surface area contributed by atoms with Crippen LogP contribution in [-0.2, 0) is 47.7 Å². The van der Waals surface area contributed by atoms with Crippen molar-refractivity contribution in [1.82, 2.24) is 29.5 Å². The second-order valence-electron chi connectivity index (χ2n) is 25.3. The first-order chi connectivity index (χ1) is 49.2. The fraction of sp³-hybridized carbons (Fsp3) is 0.266. The second kappa shape index (κ2) is 31.5. The largest absolute Gasteiger partial charge is 0.494 e. The van der Waals surface area contributed by atoms with Gasteiger partial charge in [0.25, 0.3) is 11.6 Å². The molecule has 0 fully saturated rings. The Kier molecular flexibility index (Phi) is 22.6. The number of ketones is 3. The van der Waals surface area contributed by atoms with E-state index < -0.39 is 35.2 Å². The number of para-hydroxylation sites is 2. The number of nitrogens with one attached hydrogen (secondary N) is 5. The van der Waals surface area contributed by atoms with Crippen LogP contribution in [0.15, 0.2) is 134 Å². The summed E-state index contributed by atoms with van der Waals surface area (Å²) in [5.41, 5.74) is 11.9. The van der Waals surface area contributed by atoms with E-state index in [9.17, 15) is 33.6 Å². The van der Waals surface area contributed by atoms with Gasteiger partial charge < -0.3 is 58.1 Å². The summed E-state index contributed by atoms with van der Waals surface area (Å²) in [6.45, 7) is 20.5. The van der Waals surface area contributed by atoms with Crippen LogP contribution < -0.4 is 52.0 Å². The number of aromatic amines is 5. The van der Waals surface area contributed by atoms with Gasteiger partial charge in [0.05, 0.1) is 119 Å². The number of carbonyl (C=O) groups is 7. The molecule has 0 atom stereocenters. The number of aromatic nitrogens is 6. The average Bonchev–Trinajstić information content (AvgIpc) is 1.63. The number of halogens is 1. The van der Waals surface area contributed by atoms with Gasteiger partial charge in [-0.15, -0.1) is 0 Å². The topological polar surface area (TPSA) is 305 Å². The molecular formula is C79H80BrN9O14. The fourth-order valence-electron chi connectivity index (χ4n) is 12.2. The maximum absolute atomic E-state index is 13.2. The van der Waals surface area contributed by atoms with Gasteiger partial charge in [-0.3, -0.25) is 19.2 Å². The minimum Gasteiger partial charge on any atom is -0.494 e. The summed E-state index contributed by atoms with van der Waals surface area (Å²) in [7, 11) is 6.07. The number of aliphatic imine (C=N–C) groups is 1. The normalized spacial score (nSPS) is 14.7. The molecule has 0 aliphatic carbocycles. The third kappa shape index (κ3) is 16.2. The first-order valence-electron chi connectivity index (χ1n) is 33.2. The van der Waals surface area contributed by atoms with Crippen molar-refractivity contribution < 1.29 is 66.7 Å². The van der Waals surface area contributed by atoms with Crippen LogP contribution in [0.4, 0.5) is 4.79 Å². The standard InChI is InChI=1S/C28H27N3O7.C26H27N3O4.C25H26BrN3O3/c1-6-37-27(34)25(32)22-14(3)18(29-15(22)4)12-19-21(36-5)13-20(30-19)24-23(26(33)28(35)38-7-2)16-10-8-9-11-17(16)31-24;1-15-12-16(2)27-19(15)13-20-23(32-3)14-21(28-20)26-25(17-8-5-6-9-18(17)29-26)22(30)10-7-11-24(31)33-4;1-14-9-15(2)27-18(14)12-20-23(31-6)13-19(28-20)22-11-16-10-17(26)7-8-21(16)29(22)24(30)32-25(3,4)5/h8-13,29-30H,6-7H2,1-5H3;5-6,8-9,12-14,27-28H,7,10-11H2,1-4H3;7-13,27H,1-6H3/b19-12-,24-20?;20-13-,26-21?;20-12-. The van der Waals surface area contributed by atoms with Gasteiger partial charge in [-0.05, 0) is 166 Å². The molecule has 24 heteroatoms. The third-order valence-corrected chi connectivity index (χ3v) is 17.3. The Morgan fingerprint density at radius 3 is 1.66 bits per heavy atom. The lowest BCUT2D eigenvalue weighted by molar-refractivity contribution is -0.150. The lowest BCUT2D eigenvalue weighted by Gasteiger charge is -2.20. The van der Waals surface area contributed by atoms with Crippen LogP contribution in [0, 0.1) is 41.5 Å². The summed E-state index contributed by atoms with van der Waals surface area (Å²) >= 11 is 3.51. The molecular weight excluding hydrogens is 1380 g/mol. The molecule has 23 nitrogen and oxygen atoms in total. The molecule has 9 aromatic rings. The predicted molar refractivity (Wildman–Crippen MR) is 394 cm³/mol. The first kappa shape index (κ1) is 74.0. The Labute approximate surface area is 600 Å². The Hall–Kier alpha value is -11.7. The number of carbonyl (C=O) groups excluding carboxylic acids is 7. The van der Waals surface area contributed by atoms with Gasteiger partial charge in [-0.2, -0.15) is 0 Å². The smallest absolute Gasteiger partial charge is 0.419 e. The minimum absolute atomic E-state index is 0.0578. The van der Waals surface area contributed by atoms with E-state index >= 15 is 0 Å². The molecule has 0 saturated carbocycles. The van der Waals surface area contributed by atoms with Gasteiger partial charge in [-0.1, -0.05) is 52.3 Å². The summed E-state index contributed by atoms with van der Waals surface area (Å²) in [6, 6.07) is 30.0. The maximum Gasteiger partial charge on any atom is 0.419 e. The van der Waals surface area contributed by atoms with Crippen molar-refractivity contribution in [2.24, 2.45) is 15.0 Å². The summed E-state index contributed by atoms with van der Waals surface area (Å²) in [6.07, 6.45) is 7.93. The Morgan fingerprint density at radius 2 is 1.13 bits per heavy atom. The molecule has 12 rings (SSSR count). The van der Waals surface area contributed by atoms with Gasteiger partial charge in [0.1, 0.15) is 28.6 Å². The monoisotopic (exact) mass is 1460 g/mol. The zero-order chi connectivity index (χ0) is 74.3. The molecule has 3 aliphatic heterocycles. The number of rotatable bonds is 18. The van der Waals surface area contributed by atoms with Crippen LogP contribution in [0.3, 0.4) is 0 Å². The highest BCUT2D eigenvalue weighted by Gasteiger charge is 2.31. The molecule has 0 radical (unpaired) electrons. The number of hydrogen-bond donors (Lipinski definition) is 5. The summed E-state index contributed by atoms with van der Waals surface area (Å²) in [5, 5.41) is 5.97. The van der Waals surface area contributed by atoms with Crippen LogP contribution >= 0.6 is 15.9 Å². The molecule has 532 valence electrons. The number of allylic oxidation sites excluding steroid dienone is 1. The number of esters is 3. The van der Waals surface area contributed by atoms with Gasteiger partial charge >= 0.3 is 24.0 Å². The fourth-order valence-corrected chi connectivity index (χ4v) is 12.6. The number of ether oxygens (including phenoxy) is 7. The number of aryl methyl sites for hydroxylation is 5. The lowest BCUT2D eigenvalue weighted by atomic mass is 10.0. The van der Waals surface area contributed by atoms with E-state index in [1.807, 2.05) is 121 Å². The van der Waals surface area contributed by atoms with E-state index in [1.54, 1.807) is 82.9 Å². The molecule has 0 bridgehead atoms. The number of fused-ring (bicyclic) bond motifs is 3. The number of benzene rings is 3. The molecule has 3 aromatic carbocycles. The van der Waals surface area contributed by atoms with Crippen LogP contribution in [-0.4, -0.2) is 124 Å². The van der Waals surface area contributed by atoms with E-state index in [4.69, 9.17) is 38.4 Å². The van der Waals surface area contributed by atoms with Crippen molar-refractivity contribution in [2.45, 2.75) is 101 Å². The van der Waals surface area contributed by atoms with E-state index in [2.05, 4.69) is 62.7 Å². The molecule has 0 unspecified atom stereocenters. The molecule has 103 heavy (non-hydrogen) atoms. The van der Waals surface area contributed by atoms with Gasteiger partial charge in [0.15, 0.2) is 5.78 Å². The highest BCUT2D eigenvalue weighted by atomic mass is 79.9. The SMILES string of the molecule is CCOC(=O)C(=O)C1=c2ccccc2=NC1=c1cc(OC)/c(=C/c2[nH]c(C)c(C(=O)C(=O)OCC)c2C)[nH]1.COC(=O)CCCC(=O)C1=c2ccccc2=NC1=c1cc(OC)/c(=C/c2[nH]c(C)cc2C)[nH]1.COC1=CC(c2cc3cc(Br)ccc3n2C(=O)OC(C)(C)C)=N/C1=C\c1[nH]c(C)cc1C. The second-order valence-corrected chi connectivity index (χ2v) is 26.2. The van der Waals surface area contributed by atoms with Gasteiger partial charge in [-0.25, -0.2) is 33.9 Å². The van der Waals surface area contributed by atoms with Gasteiger partial charge in [0.2, 0.25) is 0 Å². The lowest BCUT2D eigenvalue weighted by Crippen LogP contribution is -2.28. The van der Waals surface area contributed by atoms with Crippen molar-refractivity contribution in [3.63, 3.8) is 0 Å². The van der Waals surface area contributed by atoms with Crippen molar-refractivity contribution in [1.29, 1.82) is 0 Å². The number of hydrogen-bond acceptors (Lipinski definition) is 17. The Balaban J connectivity index is 0.000000167. The van der Waals surface area contributed by atoms with Crippen LogP contribution in [0.2, 0.25) is 0 Å².